The van der Waals surface area contributed by atoms with Crippen molar-refractivity contribution in [2.24, 2.45) is 0 Å². The molecular weight excluding hydrogens is 322 g/mol. The van der Waals surface area contributed by atoms with Gasteiger partial charge in [0, 0.05) is 23.6 Å². The van der Waals surface area contributed by atoms with Gasteiger partial charge in [0.1, 0.15) is 0 Å². The Hall–Kier alpha value is -1.92. The fourth-order valence-electron chi connectivity index (χ4n) is 5.94. The minimum atomic E-state index is -1.08. The molecule has 6 nitrogen and oxygen atoms in total. The van der Waals surface area contributed by atoms with E-state index in [4.69, 9.17) is 4.74 Å². The lowest BCUT2D eigenvalue weighted by Gasteiger charge is -2.62. The Bertz CT molecular complexity index is 849. The topological polar surface area (TPSA) is 87.1 Å². The number of Topliss-reactive ketones (excluding diaryl/α,β-unsaturated/α-hetero) is 2. The van der Waals surface area contributed by atoms with E-state index in [1.54, 1.807) is 0 Å². The van der Waals surface area contributed by atoms with E-state index in [1.807, 2.05) is 7.05 Å². The number of benzene rings is 1. The van der Waals surface area contributed by atoms with Gasteiger partial charge in [0.2, 0.25) is 0 Å². The monoisotopic (exact) mass is 343 g/mol. The van der Waals surface area contributed by atoms with Crippen LogP contribution in [0.4, 0.5) is 0 Å². The molecule has 1 saturated carbocycles. The number of hydrogen-bond acceptors (Lipinski definition) is 6. The maximum Gasteiger partial charge on any atom is 0.174 e. The molecule has 2 fully saturated rings. The van der Waals surface area contributed by atoms with Gasteiger partial charge in [-0.15, -0.1) is 0 Å². The first-order chi connectivity index (χ1) is 11.8. The lowest BCUT2D eigenvalue weighted by Crippen LogP contribution is -2.76. The first-order valence-corrected chi connectivity index (χ1v) is 8.83. The third-order valence-corrected chi connectivity index (χ3v) is 7.03. The number of ketones is 2. The fraction of sp³-hybridized carbons (Fsp3) is 0.579. The number of ether oxygens (including phenoxy) is 1. The summed E-state index contributed by atoms with van der Waals surface area (Å²) in [5.74, 6) is 0.0315. The van der Waals surface area contributed by atoms with E-state index in [2.05, 4.69) is 4.90 Å². The highest BCUT2D eigenvalue weighted by atomic mass is 16.5. The predicted molar refractivity (Wildman–Crippen MR) is 88.1 cm³/mol. The van der Waals surface area contributed by atoms with Crippen molar-refractivity contribution in [1.82, 2.24) is 4.90 Å². The highest BCUT2D eigenvalue weighted by molar-refractivity contribution is 5.98. The molecule has 6 heteroatoms. The van der Waals surface area contributed by atoms with Gasteiger partial charge in [-0.2, -0.15) is 0 Å². The van der Waals surface area contributed by atoms with Crippen molar-refractivity contribution < 1.29 is 24.5 Å². The number of nitrogens with zero attached hydrogens (tertiary/aromatic N) is 1. The van der Waals surface area contributed by atoms with E-state index in [0.29, 0.717) is 36.1 Å². The molecule has 0 aromatic heterocycles. The SMILES string of the molecule is CC(=O)c1cc(O)c2c3c1C[C@H]1N(C)CC[C@@]34[C@@H](O2)C(=O)CC[C@@]14O. The Labute approximate surface area is 145 Å². The van der Waals surface area contributed by atoms with Gasteiger partial charge in [0.05, 0.1) is 11.0 Å². The summed E-state index contributed by atoms with van der Waals surface area (Å²) < 4.78 is 5.97. The Morgan fingerprint density at radius 3 is 2.88 bits per heavy atom. The number of phenols is 1. The number of aromatic hydroxyl groups is 1. The van der Waals surface area contributed by atoms with E-state index in [0.717, 1.165) is 12.1 Å². The van der Waals surface area contributed by atoms with E-state index in [1.165, 1.54) is 13.0 Å². The molecule has 1 saturated heterocycles. The molecule has 2 N–H and O–H groups in total. The molecule has 2 heterocycles. The first-order valence-electron chi connectivity index (χ1n) is 8.83. The second-order valence-corrected chi connectivity index (χ2v) is 7.99. The molecule has 5 rings (SSSR count). The zero-order valence-corrected chi connectivity index (χ0v) is 14.3. The van der Waals surface area contributed by atoms with Crippen molar-refractivity contribution in [1.29, 1.82) is 0 Å². The summed E-state index contributed by atoms with van der Waals surface area (Å²) in [6, 6.07) is 1.29. The van der Waals surface area contributed by atoms with Gasteiger partial charge in [-0.05, 0) is 51.4 Å². The second-order valence-electron chi connectivity index (χ2n) is 7.99. The second kappa shape index (κ2) is 4.43. The van der Waals surface area contributed by atoms with E-state index in [9.17, 15) is 19.8 Å². The van der Waals surface area contributed by atoms with Crippen LogP contribution in [0.3, 0.4) is 0 Å². The number of likely N-dealkylation sites (tertiary alicyclic amines) is 1. The maximum absolute atomic E-state index is 12.7. The third kappa shape index (κ3) is 1.50. The molecule has 132 valence electrons. The summed E-state index contributed by atoms with van der Waals surface area (Å²) in [5, 5.41) is 22.3. The highest BCUT2D eigenvalue weighted by Gasteiger charge is 2.73. The van der Waals surface area contributed by atoms with Gasteiger partial charge in [0.25, 0.3) is 0 Å². The molecule has 2 aliphatic carbocycles. The Morgan fingerprint density at radius 1 is 1.40 bits per heavy atom. The summed E-state index contributed by atoms with van der Waals surface area (Å²) >= 11 is 0. The van der Waals surface area contributed by atoms with Crippen molar-refractivity contribution >= 4 is 11.6 Å². The summed E-state index contributed by atoms with van der Waals surface area (Å²) in [4.78, 5) is 27.0. The Balaban J connectivity index is 1.90. The van der Waals surface area contributed by atoms with E-state index < -0.39 is 17.1 Å². The van der Waals surface area contributed by atoms with Crippen LogP contribution in [-0.2, 0) is 16.6 Å². The fourth-order valence-corrected chi connectivity index (χ4v) is 5.94. The normalized spacial score (nSPS) is 38.3. The third-order valence-electron chi connectivity index (χ3n) is 7.03. The number of carbonyl (C=O) groups excluding carboxylic acids is 2. The molecule has 0 unspecified atom stereocenters. The summed E-state index contributed by atoms with van der Waals surface area (Å²) in [5.41, 5.74) is 0.0749. The molecule has 1 aromatic carbocycles. The van der Waals surface area contributed by atoms with Crippen molar-refractivity contribution in [3.8, 4) is 11.5 Å². The van der Waals surface area contributed by atoms with Crippen LogP contribution in [0.5, 0.6) is 11.5 Å². The zero-order valence-electron chi connectivity index (χ0n) is 14.3. The molecule has 0 radical (unpaired) electrons. The molecule has 25 heavy (non-hydrogen) atoms. The lowest BCUT2D eigenvalue weighted by atomic mass is 9.48. The molecule has 4 aliphatic rings. The van der Waals surface area contributed by atoms with Crippen LogP contribution in [0.25, 0.3) is 0 Å². The lowest BCUT2D eigenvalue weighted by molar-refractivity contribution is -0.185. The first kappa shape index (κ1) is 15.3. The molecule has 0 amide bonds. The van der Waals surface area contributed by atoms with Gasteiger partial charge in [-0.25, -0.2) is 0 Å². The summed E-state index contributed by atoms with van der Waals surface area (Å²) in [7, 11) is 1.98. The smallest absolute Gasteiger partial charge is 0.174 e. The quantitative estimate of drug-likeness (QED) is 0.738. The largest absolute Gasteiger partial charge is 0.504 e. The molecule has 1 aromatic rings. The van der Waals surface area contributed by atoms with E-state index >= 15 is 0 Å². The number of aliphatic hydroxyl groups is 1. The maximum atomic E-state index is 12.7. The van der Waals surface area contributed by atoms with Gasteiger partial charge in [-0.1, -0.05) is 0 Å². The van der Waals surface area contributed by atoms with Gasteiger partial charge in [-0.3, -0.25) is 9.59 Å². The standard InChI is InChI=1S/C19H21NO5/c1-9(21)10-7-13(23)16-15-11(10)8-14-19(24)4-3-12(22)17(25-16)18(15,19)5-6-20(14)2/h7,14,17,23-24H,3-6,8H2,1-2H3/t14-,17+,18+,19-/m1/s1. The van der Waals surface area contributed by atoms with Crippen LogP contribution in [-0.4, -0.2) is 58.0 Å². The number of likely N-dealkylation sites (N-methyl/N-ethyl adjacent to an activating group) is 1. The van der Waals surface area contributed by atoms with Crippen LogP contribution in [0, 0.1) is 0 Å². The molecule has 2 bridgehead atoms. The zero-order chi connectivity index (χ0) is 17.7. The van der Waals surface area contributed by atoms with Crippen molar-refractivity contribution in [3.63, 3.8) is 0 Å². The Kier molecular flexibility index (Phi) is 2.72. The van der Waals surface area contributed by atoms with Crippen LogP contribution >= 0.6 is 0 Å². The molecule has 4 atom stereocenters. The van der Waals surface area contributed by atoms with Crippen LogP contribution in [0.2, 0.25) is 0 Å². The number of hydrogen-bond donors (Lipinski definition) is 2. The highest BCUT2D eigenvalue weighted by Crippen LogP contribution is 2.65. The van der Waals surface area contributed by atoms with Gasteiger partial charge in [0.15, 0.2) is 29.2 Å². The summed E-state index contributed by atoms with van der Waals surface area (Å²) in [6.45, 7) is 2.22. The van der Waals surface area contributed by atoms with Crippen LogP contribution < -0.4 is 4.74 Å². The predicted octanol–water partition coefficient (Wildman–Crippen LogP) is 0.948. The van der Waals surface area contributed by atoms with Gasteiger partial charge >= 0.3 is 0 Å². The average Bonchev–Trinajstić information content (AvgIpc) is 2.91. The number of phenolic OH excluding ortho intramolecular Hbond substituents is 1. The number of rotatable bonds is 1. The molecule has 1 spiro atoms. The van der Waals surface area contributed by atoms with Crippen molar-refractivity contribution in [2.45, 2.75) is 55.8 Å². The number of piperidine rings is 1. The molecule has 2 aliphatic heterocycles. The number of carbonyl (C=O) groups is 2. The Morgan fingerprint density at radius 2 is 2.16 bits per heavy atom. The van der Waals surface area contributed by atoms with Crippen LogP contribution in [0.1, 0.15) is 47.7 Å². The van der Waals surface area contributed by atoms with E-state index in [-0.39, 0.29) is 29.8 Å². The van der Waals surface area contributed by atoms with Crippen molar-refractivity contribution in [3.05, 3.63) is 22.8 Å². The molecular formula is C19H21NO5. The van der Waals surface area contributed by atoms with Crippen molar-refractivity contribution in [2.75, 3.05) is 13.6 Å². The minimum absolute atomic E-state index is 0.0270. The van der Waals surface area contributed by atoms with Crippen LogP contribution in [0.15, 0.2) is 6.07 Å². The summed E-state index contributed by atoms with van der Waals surface area (Å²) in [6.07, 6.45) is 0.996. The average molecular weight is 343 g/mol. The van der Waals surface area contributed by atoms with Gasteiger partial charge < -0.3 is 19.8 Å². The minimum Gasteiger partial charge on any atom is -0.504 e.